The third-order valence-electron chi connectivity index (χ3n) is 7.07. The predicted molar refractivity (Wildman–Crippen MR) is 138 cm³/mol. The zero-order chi connectivity index (χ0) is 25.5. The van der Waals surface area contributed by atoms with Crippen molar-refractivity contribution in [2.24, 2.45) is 5.92 Å². The Morgan fingerprint density at radius 1 is 1.17 bits per heavy atom. The predicted octanol–water partition coefficient (Wildman–Crippen LogP) is 4.12. The van der Waals surface area contributed by atoms with Gasteiger partial charge in [-0.05, 0) is 62.5 Å². The van der Waals surface area contributed by atoms with E-state index < -0.39 is 11.6 Å². The fourth-order valence-corrected chi connectivity index (χ4v) is 5.20. The first-order valence-electron chi connectivity index (χ1n) is 12.3. The fraction of sp³-hybridized carbons (Fsp3) is 0.379. The molecule has 0 saturated carbocycles. The van der Waals surface area contributed by atoms with Crippen LogP contribution in [0.15, 0.2) is 54.6 Å². The maximum Gasteiger partial charge on any atom is 0.325 e. The molecular weight excluding hydrogens is 457 g/mol. The molecule has 0 unspecified atom stereocenters. The number of nitrogens with one attached hydrogen (secondary N) is 1. The number of carbonyl (C=O) groups excluding carboxylic acids is 2. The smallest absolute Gasteiger partial charge is 0.325 e. The lowest BCUT2D eigenvalue weighted by molar-refractivity contribution is -0.133. The average Bonchev–Trinajstić information content (AvgIpc) is 3.12. The zero-order valence-electron chi connectivity index (χ0n) is 20.8. The summed E-state index contributed by atoms with van der Waals surface area (Å²) in [7, 11) is 1.66. The Kier molecular flexibility index (Phi) is 8.07. The van der Waals surface area contributed by atoms with E-state index in [-0.39, 0.29) is 30.6 Å². The molecule has 2 aromatic rings. The number of hydrogen-bond acceptors (Lipinski definition) is 4. The molecule has 0 bridgehead atoms. The summed E-state index contributed by atoms with van der Waals surface area (Å²) in [4.78, 5) is 30.0. The van der Waals surface area contributed by atoms with Crippen LogP contribution in [0.5, 0.6) is 5.75 Å². The number of carbonyl (C=O) groups is 2. The first-order valence-corrected chi connectivity index (χ1v) is 12.3. The van der Waals surface area contributed by atoms with E-state index in [1.807, 2.05) is 24.3 Å². The molecule has 188 valence electrons. The topological polar surface area (TPSA) is 61.9 Å². The third-order valence-corrected chi connectivity index (χ3v) is 7.07. The van der Waals surface area contributed by atoms with Crippen molar-refractivity contribution in [3.05, 3.63) is 71.6 Å². The van der Waals surface area contributed by atoms with Crippen LogP contribution in [0, 0.1) is 23.6 Å². The van der Waals surface area contributed by atoms with Crippen molar-refractivity contribution in [3.63, 3.8) is 0 Å². The number of likely N-dealkylation sites (tertiary alicyclic amines) is 1. The summed E-state index contributed by atoms with van der Waals surface area (Å²) in [6.07, 6.45) is 5.93. The van der Waals surface area contributed by atoms with E-state index in [2.05, 4.69) is 34.2 Å². The van der Waals surface area contributed by atoms with Crippen molar-refractivity contribution >= 4 is 18.0 Å². The molecule has 1 atom stereocenters. The number of piperidine rings is 1. The van der Waals surface area contributed by atoms with Gasteiger partial charge in [0.2, 0.25) is 0 Å². The molecule has 0 radical (unpaired) electrons. The number of para-hydroxylation sites is 1. The number of nitrogens with zero attached hydrogens (tertiary/aromatic N) is 2. The van der Waals surface area contributed by atoms with Crippen LogP contribution in [0.2, 0.25) is 0 Å². The summed E-state index contributed by atoms with van der Waals surface area (Å²) in [5.41, 5.74) is 0.618. The van der Waals surface area contributed by atoms with Crippen LogP contribution in [0.3, 0.4) is 0 Å². The SMILES string of the molecule is CC#CCN1C(=O)N[C@@](Cc2cccc(F)c2)(C2CCN(C/C=C/c3ccccc3OC)CC2)C1=O. The lowest BCUT2D eigenvalue weighted by atomic mass is 9.74. The van der Waals surface area contributed by atoms with Crippen molar-refractivity contribution in [1.29, 1.82) is 0 Å². The van der Waals surface area contributed by atoms with Crippen molar-refractivity contribution in [3.8, 4) is 17.6 Å². The largest absolute Gasteiger partial charge is 0.496 e. The van der Waals surface area contributed by atoms with Gasteiger partial charge in [-0.3, -0.25) is 14.6 Å². The Morgan fingerprint density at radius 3 is 2.67 bits per heavy atom. The highest BCUT2D eigenvalue weighted by Gasteiger charge is 2.55. The van der Waals surface area contributed by atoms with E-state index in [9.17, 15) is 14.0 Å². The molecule has 1 N–H and O–H groups in total. The van der Waals surface area contributed by atoms with Crippen LogP contribution in [0.4, 0.5) is 9.18 Å². The summed E-state index contributed by atoms with van der Waals surface area (Å²) in [5, 5.41) is 3.01. The Bertz CT molecular complexity index is 1190. The second-order valence-corrected chi connectivity index (χ2v) is 9.25. The van der Waals surface area contributed by atoms with Crippen LogP contribution in [-0.4, -0.2) is 60.6 Å². The van der Waals surface area contributed by atoms with Crippen molar-refractivity contribution in [2.75, 3.05) is 33.3 Å². The van der Waals surface area contributed by atoms with Gasteiger partial charge in [0, 0.05) is 18.5 Å². The van der Waals surface area contributed by atoms with Crippen molar-refractivity contribution in [2.45, 2.75) is 31.7 Å². The number of hydrogen-bond donors (Lipinski definition) is 1. The molecule has 2 aliphatic rings. The first kappa shape index (κ1) is 25.5. The van der Waals surface area contributed by atoms with Crippen LogP contribution < -0.4 is 10.1 Å². The molecule has 36 heavy (non-hydrogen) atoms. The molecule has 0 aromatic heterocycles. The minimum absolute atomic E-state index is 0.0542. The quantitative estimate of drug-likeness (QED) is 0.448. The summed E-state index contributed by atoms with van der Waals surface area (Å²) in [6.45, 7) is 4.10. The molecular formula is C29H32FN3O3. The van der Waals surface area contributed by atoms with E-state index in [1.165, 1.54) is 17.0 Å². The Hall–Kier alpha value is -3.63. The fourth-order valence-electron chi connectivity index (χ4n) is 5.20. The van der Waals surface area contributed by atoms with Gasteiger partial charge in [0.05, 0.1) is 13.7 Å². The molecule has 7 heteroatoms. The number of benzene rings is 2. The number of urea groups is 1. The second-order valence-electron chi connectivity index (χ2n) is 9.25. The third kappa shape index (κ3) is 5.44. The Morgan fingerprint density at radius 2 is 1.94 bits per heavy atom. The molecule has 4 rings (SSSR count). The van der Waals surface area contributed by atoms with Gasteiger partial charge < -0.3 is 10.1 Å². The van der Waals surface area contributed by atoms with Gasteiger partial charge in [0.1, 0.15) is 17.1 Å². The van der Waals surface area contributed by atoms with Crippen LogP contribution >= 0.6 is 0 Å². The Balaban J connectivity index is 1.48. The Labute approximate surface area is 212 Å². The minimum Gasteiger partial charge on any atom is -0.496 e. The molecule has 2 heterocycles. The number of amides is 3. The lowest BCUT2D eigenvalue weighted by Gasteiger charge is -2.40. The molecule has 2 aliphatic heterocycles. The van der Waals surface area contributed by atoms with E-state index >= 15 is 0 Å². The number of rotatable bonds is 8. The number of imide groups is 1. The van der Waals surface area contributed by atoms with E-state index in [0.717, 1.165) is 43.8 Å². The molecule has 2 aromatic carbocycles. The molecule has 2 fully saturated rings. The maximum absolute atomic E-state index is 13.9. The highest BCUT2D eigenvalue weighted by atomic mass is 19.1. The van der Waals surface area contributed by atoms with Gasteiger partial charge in [0.15, 0.2) is 0 Å². The van der Waals surface area contributed by atoms with Gasteiger partial charge in [-0.15, -0.1) is 5.92 Å². The number of methoxy groups -OCH3 is 1. The molecule has 0 spiro atoms. The second kappa shape index (κ2) is 11.4. The van der Waals surface area contributed by atoms with E-state index in [4.69, 9.17) is 4.74 Å². The monoisotopic (exact) mass is 489 g/mol. The summed E-state index contributed by atoms with van der Waals surface area (Å²) in [5.74, 6) is 5.72. The standard InChI is InChI=1S/C29H32FN3O3/c1-3-4-17-33-27(34)29(31-28(33)35,21-22-9-7-12-25(30)20-22)24-14-18-32(19-15-24)16-8-11-23-10-5-6-13-26(23)36-2/h5-13,20,24H,14-19,21H2,1-2H3,(H,31,35)/b11-8+/t29-/m0/s1. The molecule has 6 nitrogen and oxygen atoms in total. The number of halogens is 1. The number of ether oxygens (including phenoxy) is 1. The van der Waals surface area contributed by atoms with Crippen LogP contribution in [-0.2, 0) is 11.2 Å². The van der Waals surface area contributed by atoms with Gasteiger partial charge in [-0.1, -0.05) is 48.4 Å². The summed E-state index contributed by atoms with van der Waals surface area (Å²) in [6, 6.07) is 13.7. The van der Waals surface area contributed by atoms with Crippen LogP contribution in [0.25, 0.3) is 6.08 Å². The van der Waals surface area contributed by atoms with Gasteiger partial charge in [0.25, 0.3) is 5.91 Å². The van der Waals surface area contributed by atoms with Crippen molar-refractivity contribution < 1.29 is 18.7 Å². The molecule has 2 saturated heterocycles. The lowest BCUT2D eigenvalue weighted by Crippen LogP contribution is -2.57. The average molecular weight is 490 g/mol. The van der Waals surface area contributed by atoms with E-state index in [1.54, 1.807) is 26.2 Å². The first-order chi connectivity index (χ1) is 17.5. The zero-order valence-corrected chi connectivity index (χ0v) is 20.8. The summed E-state index contributed by atoms with van der Waals surface area (Å²) < 4.78 is 19.4. The van der Waals surface area contributed by atoms with Crippen molar-refractivity contribution in [1.82, 2.24) is 15.1 Å². The maximum atomic E-state index is 13.9. The van der Waals surface area contributed by atoms with Gasteiger partial charge in [-0.25, -0.2) is 9.18 Å². The summed E-state index contributed by atoms with van der Waals surface area (Å²) >= 11 is 0. The molecule has 0 aliphatic carbocycles. The highest BCUT2D eigenvalue weighted by molar-refractivity contribution is 6.07. The van der Waals surface area contributed by atoms with E-state index in [0.29, 0.717) is 5.56 Å². The highest BCUT2D eigenvalue weighted by Crippen LogP contribution is 2.36. The van der Waals surface area contributed by atoms with Gasteiger partial charge in [-0.2, -0.15) is 0 Å². The minimum atomic E-state index is -1.10. The van der Waals surface area contributed by atoms with Gasteiger partial charge >= 0.3 is 6.03 Å². The van der Waals surface area contributed by atoms with Crippen LogP contribution in [0.1, 0.15) is 30.9 Å². The molecule has 3 amide bonds. The normalized spacial score (nSPS) is 20.9.